The van der Waals surface area contributed by atoms with Crippen LogP contribution in [0.15, 0.2) is 16.8 Å². The molecule has 1 aliphatic rings. The lowest BCUT2D eigenvalue weighted by Crippen LogP contribution is -2.38. The topological polar surface area (TPSA) is 77.0 Å². The van der Waals surface area contributed by atoms with Crippen LogP contribution in [-0.4, -0.2) is 43.8 Å². The third-order valence-electron chi connectivity index (χ3n) is 4.68. The smallest absolute Gasteiger partial charge is 0.227 e. The molecule has 7 nitrogen and oxygen atoms in total. The molecule has 0 saturated carbocycles. The van der Waals surface area contributed by atoms with Crippen molar-refractivity contribution in [2.24, 2.45) is 7.05 Å². The number of aryl methyl sites for hydroxylation is 2. The molecule has 1 aliphatic heterocycles. The number of nitrogens with zero attached hydrogens (tertiary/aromatic N) is 5. The van der Waals surface area contributed by atoms with Crippen LogP contribution in [0.5, 0.6) is 0 Å². The molecule has 0 unspecified atom stereocenters. The fourth-order valence-corrected chi connectivity index (χ4v) is 3.19. The van der Waals surface area contributed by atoms with Crippen LogP contribution in [0, 0.1) is 0 Å². The summed E-state index contributed by atoms with van der Waals surface area (Å²) >= 11 is 0. The molecule has 1 fully saturated rings. The number of aromatic nitrogens is 4. The Hall–Kier alpha value is -2.18. The lowest BCUT2D eigenvalue weighted by Gasteiger charge is -2.32. The van der Waals surface area contributed by atoms with Gasteiger partial charge in [-0.1, -0.05) is 19.0 Å². The van der Waals surface area contributed by atoms with Gasteiger partial charge in [0.1, 0.15) is 0 Å². The van der Waals surface area contributed by atoms with E-state index in [9.17, 15) is 4.79 Å². The number of hydrogen-bond donors (Lipinski definition) is 0. The van der Waals surface area contributed by atoms with Gasteiger partial charge in [0.2, 0.25) is 11.8 Å². The van der Waals surface area contributed by atoms with Crippen LogP contribution in [-0.2, 0) is 18.3 Å². The normalized spacial score (nSPS) is 16.1. The largest absolute Gasteiger partial charge is 0.343 e. The standard InChI is InChI=1S/C17H25N5O2/c1-12(2)17-19-15(24-20-17)4-5-16(23)22-10-7-13(8-11-22)14-6-9-18-21(14)3/h6,9,12-13H,4-5,7-8,10-11H2,1-3H3. The van der Waals surface area contributed by atoms with E-state index in [0.717, 1.165) is 25.9 Å². The van der Waals surface area contributed by atoms with Crippen molar-refractivity contribution in [2.75, 3.05) is 13.1 Å². The molecule has 1 saturated heterocycles. The Bertz CT molecular complexity index is 683. The minimum atomic E-state index is 0.169. The Morgan fingerprint density at radius 3 is 2.71 bits per heavy atom. The highest BCUT2D eigenvalue weighted by Crippen LogP contribution is 2.27. The van der Waals surface area contributed by atoms with Crippen LogP contribution in [0.4, 0.5) is 0 Å². The maximum atomic E-state index is 12.4. The van der Waals surface area contributed by atoms with E-state index < -0.39 is 0 Å². The Morgan fingerprint density at radius 1 is 1.38 bits per heavy atom. The number of rotatable bonds is 5. The van der Waals surface area contributed by atoms with Gasteiger partial charge in [0.05, 0.1) is 0 Å². The first-order valence-corrected chi connectivity index (χ1v) is 8.62. The maximum absolute atomic E-state index is 12.4. The molecule has 0 aromatic carbocycles. The highest BCUT2D eigenvalue weighted by atomic mass is 16.5. The monoisotopic (exact) mass is 331 g/mol. The average molecular weight is 331 g/mol. The SMILES string of the molecule is CC(C)c1noc(CCC(=O)N2CCC(c3ccnn3C)CC2)n1. The molecule has 3 rings (SSSR count). The number of likely N-dealkylation sites (tertiary alicyclic amines) is 1. The molecule has 0 spiro atoms. The first kappa shape index (κ1) is 16.7. The van der Waals surface area contributed by atoms with Crippen LogP contribution in [0.1, 0.15) is 62.4 Å². The van der Waals surface area contributed by atoms with Gasteiger partial charge in [-0.3, -0.25) is 9.48 Å². The summed E-state index contributed by atoms with van der Waals surface area (Å²) in [5, 5.41) is 8.17. The molecule has 130 valence electrons. The van der Waals surface area contributed by atoms with E-state index in [2.05, 4.69) is 21.3 Å². The molecule has 0 N–H and O–H groups in total. The van der Waals surface area contributed by atoms with E-state index in [-0.39, 0.29) is 11.8 Å². The van der Waals surface area contributed by atoms with Gasteiger partial charge in [0.25, 0.3) is 0 Å². The highest BCUT2D eigenvalue weighted by Gasteiger charge is 2.25. The van der Waals surface area contributed by atoms with Crippen molar-refractivity contribution in [3.63, 3.8) is 0 Å². The molecule has 3 heterocycles. The summed E-state index contributed by atoms with van der Waals surface area (Å²) in [4.78, 5) is 18.7. The highest BCUT2D eigenvalue weighted by molar-refractivity contribution is 5.76. The summed E-state index contributed by atoms with van der Waals surface area (Å²) in [5.41, 5.74) is 1.26. The van der Waals surface area contributed by atoms with E-state index >= 15 is 0 Å². The van der Waals surface area contributed by atoms with E-state index in [1.54, 1.807) is 0 Å². The molecule has 7 heteroatoms. The molecule has 0 aliphatic carbocycles. The molecule has 1 amide bonds. The van der Waals surface area contributed by atoms with Gasteiger partial charge in [0.15, 0.2) is 5.82 Å². The second kappa shape index (κ2) is 7.15. The number of carbonyl (C=O) groups excluding carboxylic acids is 1. The maximum Gasteiger partial charge on any atom is 0.227 e. The predicted octanol–water partition coefficient (Wildman–Crippen LogP) is 2.27. The molecule has 0 bridgehead atoms. The molecule has 24 heavy (non-hydrogen) atoms. The Kier molecular flexibility index (Phi) is 4.97. The molecule has 2 aromatic heterocycles. The summed E-state index contributed by atoms with van der Waals surface area (Å²) in [5.74, 6) is 2.16. The second-order valence-corrected chi connectivity index (χ2v) is 6.74. The average Bonchev–Trinajstić information content (AvgIpc) is 3.22. The summed E-state index contributed by atoms with van der Waals surface area (Å²) in [7, 11) is 1.97. The third-order valence-corrected chi connectivity index (χ3v) is 4.68. The summed E-state index contributed by atoms with van der Waals surface area (Å²) in [6.45, 7) is 5.64. The molecule has 0 atom stereocenters. The summed E-state index contributed by atoms with van der Waals surface area (Å²) in [6, 6.07) is 2.07. The van der Waals surface area contributed by atoms with Gasteiger partial charge in [0, 0.05) is 56.7 Å². The van der Waals surface area contributed by atoms with Crippen molar-refractivity contribution in [3.05, 3.63) is 29.7 Å². The third kappa shape index (κ3) is 3.66. The molecular formula is C17H25N5O2. The van der Waals surface area contributed by atoms with Gasteiger partial charge in [-0.2, -0.15) is 10.1 Å². The number of hydrogen-bond acceptors (Lipinski definition) is 5. The van der Waals surface area contributed by atoms with Gasteiger partial charge < -0.3 is 9.42 Å². The van der Waals surface area contributed by atoms with Crippen LogP contribution < -0.4 is 0 Å². The van der Waals surface area contributed by atoms with Gasteiger partial charge in [-0.25, -0.2) is 0 Å². The minimum absolute atomic E-state index is 0.169. The zero-order valence-corrected chi connectivity index (χ0v) is 14.6. The first-order chi connectivity index (χ1) is 11.5. The number of piperidine rings is 1. The fourth-order valence-electron chi connectivity index (χ4n) is 3.19. The van der Waals surface area contributed by atoms with E-state index in [1.165, 1.54) is 5.69 Å². The molecule has 2 aromatic rings. The van der Waals surface area contributed by atoms with Crippen molar-refractivity contribution in [1.29, 1.82) is 0 Å². The van der Waals surface area contributed by atoms with E-state index in [4.69, 9.17) is 4.52 Å². The quantitative estimate of drug-likeness (QED) is 0.840. The van der Waals surface area contributed by atoms with E-state index in [1.807, 2.05) is 36.7 Å². The Morgan fingerprint density at radius 2 is 2.12 bits per heavy atom. The lowest BCUT2D eigenvalue weighted by molar-refractivity contribution is -0.132. The van der Waals surface area contributed by atoms with Crippen molar-refractivity contribution in [2.45, 2.75) is 51.4 Å². The second-order valence-electron chi connectivity index (χ2n) is 6.74. The van der Waals surface area contributed by atoms with Gasteiger partial charge in [-0.05, 0) is 18.9 Å². The van der Waals surface area contributed by atoms with E-state index in [0.29, 0.717) is 30.5 Å². The van der Waals surface area contributed by atoms with Crippen LogP contribution >= 0.6 is 0 Å². The van der Waals surface area contributed by atoms with Crippen LogP contribution in [0.25, 0.3) is 0 Å². The fraction of sp³-hybridized carbons (Fsp3) is 0.647. The predicted molar refractivity (Wildman–Crippen MR) is 88.5 cm³/mol. The minimum Gasteiger partial charge on any atom is -0.343 e. The molecule has 0 radical (unpaired) electrons. The van der Waals surface area contributed by atoms with Crippen LogP contribution in [0.2, 0.25) is 0 Å². The molecular weight excluding hydrogens is 306 g/mol. The van der Waals surface area contributed by atoms with Crippen molar-refractivity contribution < 1.29 is 9.32 Å². The summed E-state index contributed by atoms with van der Waals surface area (Å²) < 4.78 is 7.14. The number of amides is 1. The van der Waals surface area contributed by atoms with Crippen molar-refractivity contribution >= 4 is 5.91 Å². The van der Waals surface area contributed by atoms with Crippen molar-refractivity contribution in [3.8, 4) is 0 Å². The first-order valence-electron chi connectivity index (χ1n) is 8.62. The van der Waals surface area contributed by atoms with Gasteiger partial charge in [-0.15, -0.1) is 0 Å². The Labute approximate surface area is 142 Å². The summed E-state index contributed by atoms with van der Waals surface area (Å²) in [6.07, 6.45) is 4.76. The van der Waals surface area contributed by atoms with Crippen molar-refractivity contribution in [1.82, 2.24) is 24.8 Å². The zero-order valence-electron chi connectivity index (χ0n) is 14.6. The Balaban J connectivity index is 1.47. The van der Waals surface area contributed by atoms with Gasteiger partial charge >= 0.3 is 0 Å². The number of carbonyl (C=O) groups is 1. The zero-order chi connectivity index (χ0) is 17.1. The lowest BCUT2D eigenvalue weighted by atomic mass is 9.93. The van der Waals surface area contributed by atoms with Crippen LogP contribution in [0.3, 0.4) is 0 Å².